The number of carbonyl (C=O) groups excluding carboxylic acids is 1. The highest BCUT2D eigenvalue weighted by Gasteiger charge is 2.38. The van der Waals surface area contributed by atoms with E-state index in [1.807, 2.05) is 5.32 Å². The zero-order valence-corrected chi connectivity index (χ0v) is 10.6. The first-order valence-corrected chi connectivity index (χ1v) is 6.19. The van der Waals surface area contributed by atoms with Crippen molar-refractivity contribution >= 4 is 23.2 Å². The van der Waals surface area contributed by atoms with E-state index in [4.69, 9.17) is 5.11 Å². The van der Waals surface area contributed by atoms with Gasteiger partial charge in [0.25, 0.3) is 5.91 Å². The molecule has 1 aromatic heterocycles. The Labute approximate surface area is 110 Å². The van der Waals surface area contributed by atoms with Crippen LogP contribution in [0.3, 0.4) is 0 Å². The van der Waals surface area contributed by atoms with Crippen molar-refractivity contribution in [3.63, 3.8) is 0 Å². The van der Waals surface area contributed by atoms with Crippen molar-refractivity contribution in [2.24, 2.45) is 0 Å². The minimum atomic E-state index is -4.68. The van der Waals surface area contributed by atoms with E-state index in [9.17, 15) is 22.8 Å². The molecule has 0 spiro atoms. The molecule has 0 saturated heterocycles. The van der Waals surface area contributed by atoms with Crippen LogP contribution in [0, 0.1) is 0 Å². The fraction of sp³-hybridized carbons (Fsp3) is 0.500. The number of halogens is 3. The Morgan fingerprint density at radius 2 is 2.16 bits per heavy atom. The lowest BCUT2D eigenvalue weighted by atomic mass is 10.1. The second-order valence-electron chi connectivity index (χ2n) is 3.68. The predicted octanol–water partition coefficient (Wildman–Crippen LogP) is 2.15. The molecule has 0 radical (unpaired) electrons. The molecule has 1 aromatic rings. The Hall–Kier alpha value is -1.64. The van der Waals surface area contributed by atoms with E-state index in [0.29, 0.717) is 6.42 Å². The number of aromatic nitrogens is 1. The fourth-order valence-corrected chi connectivity index (χ4v) is 2.04. The lowest BCUT2D eigenvalue weighted by molar-refractivity contribution is -0.139. The standard InChI is InChI=1S/C10H11F3N2O3S/c1-2-3-5(9(17)18)15-8(16)6-7(10(11,12)13)19-4-14-6/h4-5H,2-3H2,1H3,(H,15,16)(H,17,18). The lowest BCUT2D eigenvalue weighted by Crippen LogP contribution is -2.41. The van der Waals surface area contributed by atoms with Crippen LogP contribution in [0.5, 0.6) is 0 Å². The van der Waals surface area contributed by atoms with Crippen molar-refractivity contribution in [2.45, 2.75) is 32.0 Å². The number of hydrogen-bond acceptors (Lipinski definition) is 4. The normalized spacial score (nSPS) is 13.1. The maximum atomic E-state index is 12.6. The number of amides is 1. The van der Waals surface area contributed by atoms with Gasteiger partial charge in [0.05, 0.1) is 5.51 Å². The Balaban J connectivity index is 2.89. The summed E-state index contributed by atoms with van der Waals surface area (Å²) in [6.07, 6.45) is -4.08. The first kappa shape index (κ1) is 15.4. The Morgan fingerprint density at radius 3 is 2.63 bits per heavy atom. The molecule has 1 unspecified atom stereocenters. The summed E-state index contributed by atoms with van der Waals surface area (Å²) in [5, 5.41) is 10.9. The third-order valence-electron chi connectivity index (χ3n) is 2.22. The van der Waals surface area contributed by atoms with E-state index in [1.54, 1.807) is 6.92 Å². The van der Waals surface area contributed by atoms with Crippen LogP contribution in [0.2, 0.25) is 0 Å². The summed E-state index contributed by atoms with van der Waals surface area (Å²) in [6.45, 7) is 1.70. The van der Waals surface area contributed by atoms with Crippen molar-refractivity contribution in [3.05, 3.63) is 16.1 Å². The summed E-state index contributed by atoms with van der Waals surface area (Å²) < 4.78 is 37.7. The van der Waals surface area contributed by atoms with E-state index in [2.05, 4.69) is 4.98 Å². The number of thiazole rings is 1. The summed E-state index contributed by atoms with van der Waals surface area (Å²) in [6, 6.07) is -1.22. The second kappa shape index (κ2) is 6.00. The Kier molecular flexibility index (Phi) is 4.87. The minimum Gasteiger partial charge on any atom is -0.480 e. The molecular formula is C10H11F3N2O3S. The van der Waals surface area contributed by atoms with E-state index >= 15 is 0 Å². The molecule has 0 bridgehead atoms. The Morgan fingerprint density at radius 1 is 1.53 bits per heavy atom. The maximum absolute atomic E-state index is 12.6. The van der Waals surface area contributed by atoms with Crippen LogP contribution in [-0.4, -0.2) is 28.0 Å². The van der Waals surface area contributed by atoms with Gasteiger partial charge in [-0.25, -0.2) is 9.78 Å². The van der Waals surface area contributed by atoms with Gasteiger partial charge in [-0.1, -0.05) is 13.3 Å². The average molecular weight is 296 g/mol. The highest BCUT2D eigenvalue weighted by atomic mass is 32.1. The summed E-state index contributed by atoms with van der Waals surface area (Å²) in [7, 11) is 0. The maximum Gasteiger partial charge on any atom is 0.427 e. The van der Waals surface area contributed by atoms with Gasteiger partial charge in [0, 0.05) is 0 Å². The van der Waals surface area contributed by atoms with Gasteiger partial charge in [-0.15, -0.1) is 11.3 Å². The molecule has 2 N–H and O–H groups in total. The first-order valence-electron chi connectivity index (χ1n) is 5.31. The molecule has 0 saturated carbocycles. The van der Waals surface area contributed by atoms with E-state index in [1.165, 1.54) is 0 Å². The van der Waals surface area contributed by atoms with Gasteiger partial charge in [-0.3, -0.25) is 4.79 Å². The summed E-state index contributed by atoms with van der Waals surface area (Å²) in [4.78, 5) is 24.7. The van der Waals surface area contributed by atoms with E-state index < -0.39 is 34.7 Å². The molecule has 1 heterocycles. The van der Waals surface area contributed by atoms with Gasteiger partial charge in [-0.2, -0.15) is 13.2 Å². The monoisotopic (exact) mass is 296 g/mol. The topological polar surface area (TPSA) is 79.3 Å². The summed E-state index contributed by atoms with van der Waals surface area (Å²) in [5.74, 6) is -2.42. The molecule has 0 aromatic carbocycles. The van der Waals surface area contributed by atoms with Crippen LogP contribution in [0.4, 0.5) is 13.2 Å². The van der Waals surface area contributed by atoms with Crippen LogP contribution in [0.15, 0.2) is 5.51 Å². The quantitative estimate of drug-likeness (QED) is 0.872. The van der Waals surface area contributed by atoms with Crippen molar-refractivity contribution in [1.82, 2.24) is 10.3 Å². The number of carboxylic acids is 1. The third kappa shape index (κ3) is 3.91. The largest absolute Gasteiger partial charge is 0.480 e. The molecule has 0 aliphatic carbocycles. The molecule has 1 atom stereocenters. The van der Waals surface area contributed by atoms with Crippen LogP contribution in [0.25, 0.3) is 0 Å². The molecule has 9 heteroatoms. The number of nitrogens with zero attached hydrogens (tertiary/aromatic N) is 1. The van der Waals surface area contributed by atoms with Crippen LogP contribution < -0.4 is 5.32 Å². The summed E-state index contributed by atoms with van der Waals surface area (Å²) in [5.41, 5.74) is 0.104. The predicted molar refractivity (Wildman–Crippen MR) is 60.9 cm³/mol. The van der Waals surface area contributed by atoms with Crippen molar-refractivity contribution in [2.75, 3.05) is 0 Å². The molecule has 0 aliphatic heterocycles. The number of carboxylic acid groups (broad SMARTS) is 1. The smallest absolute Gasteiger partial charge is 0.427 e. The minimum absolute atomic E-state index is 0.132. The van der Waals surface area contributed by atoms with Crippen LogP contribution in [0.1, 0.15) is 35.1 Å². The van der Waals surface area contributed by atoms with Gasteiger partial charge in [0.2, 0.25) is 0 Å². The van der Waals surface area contributed by atoms with Crippen LogP contribution in [-0.2, 0) is 11.0 Å². The fourth-order valence-electron chi connectivity index (χ4n) is 1.38. The zero-order chi connectivity index (χ0) is 14.6. The van der Waals surface area contributed by atoms with Crippen molar-refractivity contribution < 1.29 is 27.9 Å². The number of carbonyl (C=O) groups is 2. The first-order chi connectivity index (χ1) is 8.77. The van der Waals surface area contributed by atoms with Gasteiger partial charge in [-0.05, 0) is 6.42 Å². The second-order valence-corrected chi connectivity index (χ2v) is 4.54. The highest BCUT2D eigenvalue weighted by Crippen LogP contribution is 2.34. The number of aliphatic carboxylic acids is 1. The highest BCUT2D eigenvalue weighted by molar-refractivity contribution is 7.10. The molecule has 0 aliphatic rings. The molecule has 1 rings (SSSR count). The molecular weight excluding hydrogens is 285 g/mol. The average Bonchev–Trinajstić information content (AvgIpc) is 2.76. The van der Waals surface area contributed by atoms with E-state index in [0.717, 1.165) is 5.51 Å². The lowest BCUT2D eigenvalue weighted by Gasteiger charge is -2.13. The van der Waals surface area contributed by atoms with E-state index in [-0.39, 0.29) is 17.8 Å². The number of hydrogen-bond donors (Lipinski definition) is 2. The molecule has 1 amide bonds. The number of alkyl halides is 3. The van der Waals surface area contributed by atoms with Gasteiger partial charge < -0.3 is 10.4 Å². The Bertz CT molecular complexity index is 473. The van der Waals surface area contributed by atoms with Gasteiger partial charge in [0.15, 0.2) is 5.69 Å². The molecule has 0 fully saturated rings. The van der Waals surface area contributed by atoms with Crippen molar-refractivity contribution in [1.29, 1.82) is 0 Å². The zero-order valence-electron chi connectivity index (χ0n) is 9.82. The number of nitrogens with one attached hydrogen (secondary N) is 1. The van der Waals surface area contributed by atoms with Crippen molar-refractivity contribution in [3.8, 4) is 0 Å². The molecule has 106 valence electrons. The third-order valence-corrected chi connectivity index (χ3v) is 3.09. The molecule has 5 nitrogen and oxygen atoms in total. The van der Waals surface area contributed by atoms with Gasteiger partial charge >= 0.3 is 12.1 Å². The molecule has 19 heavy (non-hydrogen) atoms. The SMILES string of the molecule is CCCC(NC(=O)c1ncsc1C(F)(F)F)C(=O)O. The number of rotatable bonds is 5. The summed E-state index contributed by atoms with van der Waals surface area (Å²) >= 11 is 0.289. The van der Waals surface area contributed by atoms with Crippen LogP contribution >= 0.6 is 11.3 Å². The van der Waals surface area contributed by atoms with Gasteiger partial charge in [0.1, 0.15) is 10.9 Å².